The van der Waals surface area contributed by atoms with E-state index in [2.05, 4.69) is 40.1 Å². The molecule has 2 rings (SSSR count). The van der Waals surface area contributed by atoms with Gasteiger partial charge in [-0.05, 0) is 24.6 Å². The minimum Gasteiger partial charge on any atom is -0.493 e. The van der Waals surface area contributed by atoms with Crippen molar-refractivity contribution in [1.29, 1.82) is 0 Å². The Bertz CT molecular complexity index is 588. The van der Waals surface area contributed by atoms with E-state index in [0.29, 0.717) is 0 Å². The Balaban J connectivity index is 2.09. The van der Waals surface area contributed by atoms with Crippen LogP contribution < -0.4 is 10.5 Å². The fourth-order valence-corrected chi connectivity index (χ4v) is 3.59. The number of benzene rings is 1. The Morgan fingerprint density at radius 1 is 1.48 bits per heavy atom. The van der Waals surface area contributed by atoms with E-state index < -0.39 is 0 Å². The largest absolute Gasteiger partial charge is 0.493 e. The van der Waals surface area contributed by atoms with Gasteiger partial charge in [-0.25, -0.2) is 0 Å². The molecule has 4 nitrogen and oxygen atoms in total. The van der Waals surface area contributed by atoms with Crippen molar-refractivity contribution in [2.24, 2.45) is 5.73 Å². The van der Waals surface area contributed by atoms with Gasteiger partial charge in [-0.1, -0.05) is 28.9 Å². The van der Waals surface area contributed by atoms with E-state index in [0.717, 1.165) is 34.6 Å². The van der Waals surface area contributed by atoms with Crippen LogP contribution in [0.1, 0.15) is 25.1 Å². The highest BCUT2D eigenvalue weighted by atomic mass is 79.9. The topological polar surface area (TPSA) is 53.1 Å². The van der Waals surface area contributed by atoms with E-state index in [4.69, 9.17) is 10.5 Å². The molecule has 1 aromatic carbocycles. The quantitative estimate of drug-likeness (QED) is 0.752. The third-order valence-corrected chi connectivity index (χ3v) is 4.68. The molecule has 0 amide bonds. The molecule has 1 aromatic heterocycles. The first-order chi connectivity index (χ1) is 10.2. The normalized spacial score (nSPS) is 12.4. The van der Waals surface area contributed by atoms with Gasteiger partial charge in [0.2, 0.25) is 0 Å². The van der Waals surface area contributed by atoms with Gasteiger partial charge < -0.3 is 10.5 Å². The third kappa shape index (κ3) is 4.25. The molecule has 2 N–H and O–H groups in total. The minimum absolute atomic E-state index is 0.113. The number of hydrogen-bond donors (Lipinski definition) is 1. The molecule has 0 aliphatic carbocycles. The van der Waals surface area contributed by atoms with Crippen molar-refractivity contribution in [1.82, 2.24) is 9.78 Å². The Morgan fingerprint density at radius 2 is 2.29 bits per heavy atom. The van der Waals surface area contributed by atoms with Gasteiger partial charge in [-0.2, -0.15) is 5.10 Å². The highest BCUT2D eigenvalue weighted by Gasteiger charge is 2.18. The maximum Gasteiger partial charge on any atom is 0.161 e. The summed E-state index contributed by atoms with van der Waals surface area (Å²) in [6.07, 6.45) is 2.76. The minimum atomic E-state index is -0.113. The van der Waals surface area contributed by atoms with Crippen LogP contribution >= 0.6 is 27.7 Å². The third-order valence-electron chi connectivity index (χ3n) is 3.08. The van der Waals surface area contributed by atoms with E-state index in [1.165, 1.54) is 4.90 Å². The van der Waals surface area contributed by atoms with Gasteiger partial charge in [0.15, 0.2) is 5.75 Å². The van der Waals surface area contributed by atoms with Crippen molar-refractivity contribution < 1.29 is 4.74 Å². The number of rotatable bonds is 7. The number of ether oxygens (including phenoxy) is 1. The molecule has 21 heavy (non-hydrogen) atoms. The molecule has 0 saturated carbocycles. The van der Waals surface area contributed by atoms with Crippen molar-refractivity contribution in [2.45, 2.75) is 30.8 Å². The molecule has 1 atom stereocenters. The van der Waals surface area contributed by atoms with Gasteiger partial charge in [0.1, 0.15) is 0 Å². The Hall–Kier alpha value is -0.980. The summed E-state index contributed by atoms with van der Waals surface area (Å²) in [6, 6.07) is 8.11. The first kappa shape index (κ1) is 16.4. The molecule has 2 aromatic rings. The number of aryl methyl sites for hydroxylation is 1. The van der Waals surface area contributed by atoms with Gasteiger partial charge >= 0.3 is 0 Å². The zero-order chi connectivity index (χ0) is 15.2. The molecule has 0 aliphatic heterocycles. The van der Waals surface area contributed by atoms with E-state index in [9.17, 15) is 0 Å². The number of thioether (sulfide) groups is 1. The second kappa shape index (κ2) is 7.87. The van der Waals surface area contributed by atoms with Crippen molar-refractivity contribution >= 4 is 27.7 Å². The second-order valence-corrected chi connectivity index (χ2v) is 6.71. The van der Waals surface area contributed by atoms with Gasteiger partial charge in [0, 0.05) is 21.7 Å². The molecule has 0 aliphatic rings. The lowest BCUT2D eigenvalue weighted by atomic mass is 10.2. The Labute approximate surface area is 138 Å². The maximum absolute atomic E-state index is 6.36. The van der Waals surface area contributed by atoms with Crippen LogP contribution in [0.15, 0.2) is 39.8 Å². The van der Waals surface area contributed by atoms with Crippen LogP contribution in [0.3, 0.4) is 0 Å². The lowest BCUT2D eigenvalue weighted by Crippen LogP contribution is -2.19. The van der Waals surface area contributed by atoms with E-state index in [-0.39, 0.29) is 6.04 Å². The van der Waals surface area contributed by atoms with Crippen molar-refractivity contribution in [3.63, 3.8) is 0 Å². The van der Waals surface area contributed by atoms with Crippen LogP contribution in [-0.4, -0.2) is 22.6 Å². The molecular weight excluding hydrogens is 350 g/mol. The summed E-state index contributed by atoms with van der Waals surface area (Å²) in [6.45, 7) is 2.98. The zero-order valence-corrected chi connectivity index (χ0v) is 14.7. The van der Waals surface area contributed by atoms with Crippen LogP contribution in [0.25, 0.3) is 0 Å². The van der Waals surface area contributed by atoms with E-state index in [1.807, 2.05) is 16.8 Å². The van der Waals surface area contributed by atoms with Gasteiger partial charge in [-0.15, -0.1) is 11.8 Å². The molecular formula is C15H20BrN3OS. The SMILES string of the molecule is CCCn1ncc(OC)c1C(N)CSc1cccc(Br)c1. The van der Waals surface area contributed by atoms with Gasteiger partial charge in [0.05, 0.1) is 25.0 Å². The summed E-state index contributed by atoms with van der Waals surface area (Å²) in [4.78, 5) is 1.19. The number of methoxy groups -OCH3 is 1. The lowest BCUT2D eigenvalue weighted by Gasteiger charge is -2.15. The monoisotopic (exact) mass is 369 g/mol. The zero-order valence-electron chi connectivity index (χ0n) is 12.3. The smallest absolute Gasteiger partial charge is 0.161 e. The number of nitrogens with two attached hydrogens (primary N) is 1. The van der Waals surface area contributed by atoms with Gasteiger partial charge in [0.25, 0.3) is 0 Å². The molecule has 0 fully saturated rings. The average molecular weight is 370 g/mol. The summed E-state index contributed by atoms with van der Waals surface area (Å²) in [5.74, 6) is 1.55. The summed E-state index contributed by atoms with van der Waals surface area (Å²) in [5.41, 5.74) is 7.33. The number of nitrogens with zero attached hydrogens (tertiary/aromatic N) is 2. The Kier molecular flexibility index (Phi) is 6.14. The van der Waals surface area contributed by atoms with Crippen molar-refractivity contribution in [2.75, 3.05) is 12.9 Å². The molecule has 1 heterocycles. The average Bonchev–Trinajstić information content (AvgIpc) is 2.88. The van der Waals surface area contributed by atoms with Crippen LogP contribution in [0.5, 0.6) is 5.75 Å². The van der Waals surface area contributed by atoms with Crippen LogP contribution in [-0.2, 0) is 6.54 Å². The van der Waals surface area contributed by atoms with E-state index >= 15 is 0 Å². The molecule has 0 spiro atoms. The molecule has 0 bridgehead atoms. The first-order valence-corrected chi connectivity index (χ1v) is 8.67. The number of aromatic nitrogens is 2. The standard InChI is InChI=1S/C15H20BrN3OS/c1-3-7-19-15(14(20-2)9-18-19)13(17)10-21-12-6-4-5-11(16)8-12/h4-6,8-9,13H,3,7,10,17H2,1-2H3. The number of hydrogen-bond acceptors (Lipinski definition) is 4. The summed E-state index contributed by atoms with van der Waals surface area (Å²) in [5, 5.41) is 4.36. The highest BCUT2D eigenvalue weighted by Crippen LogP contribution is 2.29. The maximum atomic E-state index is 6.36. The van der Waals surface area contributed by atoms with Crippen LogP contribution in [0.2, 0.25) is 0 Å². The molecule has 0 saturated heterocycles. The first-order valence-electron chi connectivity index (χ1n) is 6.89. The number of halogens is 1. The fraction of sp³-hybridized carbons (Fsp3) is 0.400. The molecule has 114 valence electrons. The van der Waals surface area contributed by atoms with Crippen LogP contribution in [0.4, 0.5) is 0 Å². The predicted molar refractivity (Wildman–Crippen MR) is 90.9 cm³/mol. The molecule has 1 unspecified atom stereocenters. The summed E-state index contributed by atoms with van der Waals surface area (Å²) in [7, 11) is 1.66. The van der Waals surface area contributed by atoms with Crippen molar-refractivity contribution in [3.8, 4) is 5.75 Å². The molecule has 6 heteroatoms. The lowest BCUT2D eigenvalue weighted by molar-refractivity contribution is 0.403. The summed E-state index contributed by atoms with van der Waals surface area (Å²) >= 11 is 5.22. The fourth-order valence-electron chi connectivity index (χ4n) is 2.12. The van der Waals surface area contributed by atoms with E-state index in [1.54, 1.807) is 25.1 Å². The highest BCUT2D eigenvalue weighted by molar-refractivity contribution is 9.10. The summed E-state index contributed by atoms with van der Waals surface area (Å²) < 4.78 is 8.41. The van der Waals surface area contributed by atoms with Crippen LogP contribution in [0, 0.1) is 0 Å². The van der Waals surface area contributed by atoms with Gasteiger partial charge in [-0.3, -0.25) is 4.68 Å². The Morgan fingerprint density at radius 3 is 2.95 bits per heavy atom. The van der Waals surface area contributed by atoms with Crippen molar-refractivity contribution in [3.05, 3.63) is 40.6 Å². The second-order valence-electron chi connectivity index (χ2n) is 4.70. The molecule has 0 radical (unpaired) electrons. The predicted octanol–water partition coefficient (Wildman–Crippen LogP) is 3.86.